The molecule has 0 saturated heterocycles. The summed E-state index contributed by atoms with van der Waals surface area (Å²) in [5.74, 6) is -3.10. The standard InChI is InChI=1S/2C9H10O2.Ca/c2*1-7(9(10)11)8-5-3-2-4-6-8;/h2*2-7H,1H3,(H,10,11);/q;;+2/p-2. The van der Waals surface area contributed by atoms with Gasteiger partial charge in [-0.05, 0) is 11.1 Å². The molecule has 0 radical (unpaired) electrons. The predicted octanol–water partition coefficient (Wildman–Crippen LogP) is 0.699. The summed E-state index contributed by atoms with van der Waals surface area (Å²) in [6, 6.07) is 18.1. The van der Waals surface area contributed by atoms with E-state index in [1.807, 2.05) is 36.4 Å². The van der Waals surface area contributed by atoms with E-state index in [1.165, 1.54) is 0 Å². The fraction of sp³-hybridized carbons (Fsp3) is 0.222. The van der Waals surface area contributed by atoms with Crippen LogP contribution in [0.5, 0.6) is 0 Å². The Morgan fingerprint density at radius 3 is 1.17 bits per heavy atom. The van der Waals surface area contributed by atoms with E-state index in [2.05, 4.69) is 0 Å². The third kappa shape index (κ3) is 7.64. The summed E-state index contributed by atoms with van der Waals surface area (Å²) in [7, 11) is 0. The summed E-state index contributed by atoms with van der Waals surface area (Å²) in [4.78, 5) is 20.8. The molecule has 0 heterocycles. The van der Waals surface area contributed by atoms with Gasteiger partial charge in [-0.3, -0.25) is 0 Å². The molecule has 2 unspecified atom stereocenters. The van der Waals surface area contributed by atoms with Gasteiger partial charge in [0.1, 0.15) is 0 Å². The number of carboxylic acid groups (broad SMARTS) is 2. The Balaban J connectivity index is 0.000000403. The van der Waals surface area contributed by atoms with Crippen molar-refractivity contribution in [3.8, 4) is 0 Å². The fourth-order valence-corrected chi connectivity index (χ4v) is 1.76. The molecule has 0 fully saturated rings. The van der Waals surface area contributed by atoms with Gasteiger partial charge >= 0.3 is 37.7 Å². The van der Waals surface area contributed by atoms with Crippen molar-refractivity contribution in [3.05, 3.63) is 71.8 Å². The largest absolute Gasteiger partial charge is 2.00 e. The summed E-state index contributed by atoms with van der Waals surface area (Å²) in [5.41, 5.74) is 1.57. The number of carbonyl (C=O) groups is 2. The van der Waals surface area contributed by atoms with Crippen LogP contribution in [0.3, 0.4) is 0 Å². The average Bonchev–Trinajstić information content (AvgIpc) is 2.55. The second-order valence-electron chi connectivity index (χ2n) is 4.90. The molecule has 2 atom stereocenters. The molecule has 116 valence electrons. The smallest absolute Gasteiger partial charge is 0.550 e. The molecule has 0 aliphatic heterocycles. The van der Waals surface area contributed by atoms with E-state index in [0.29, 0.717) is 0 Å². The summed E-state index contributed by atoms with van der Waals surface area (Å²) in [5, 5.41) is 20.8. The Kier molecular flexibility index (Phi) is 10.6. The van der Waals surface area contributed by atoms with E-state index >= 15 is 0 Å². The molecular formula is C18H18CaO4. The van der Waals surface area contributed by atoms with Crippen LogP contribution in [0.15, 0.2) is 60.7 Å². The molecule has 0 aromatic heterocycles. The van der Waals surface area contributed by atoms with Crippen LogP contribution in [0.4, 0.5) is 0 Å². The van der Waals surface area contributed by atoms with Gasteiger partial charge in [-0.15, -0.1) is 0 Å². The molecule has 4 nitrogen and oxygen atoms in total. The fourth-order valence-electron chi connectivity index (χ4n) is 1.76. The molecule has 2 aromatic rings. The van der Waals surface area contributed by atoms with Crippen LogP contribution in [0.25, 0.3) is 0 Å². The minimum Gasteiger partial charge on any atom is -0.550 e. The number of benzene rings is 2. The van der Waals surface area contributed by atoms with Crippen molar-refractivity contribution in [2.24, 2.45) is 0 Å². The van der Waals surface area contributed by atoms with Gasteiger partial charge in [-0.2, -0.15) is 0 Å². The van der Waals surface area contributed by atoms with Crippen LogP contribution in [-0.2, 0) is 9.59 Å². The Morgan fingerprint density at radius 2 is 0.957 bits per heavy atom. The number of carboxylic acids is 2. The second kappa shape index (κ2) is 11.2. The van der Waals surface area contributed by atoms with Gasteiger partial charge in [0.25, 0.3) is 0 Å². The van der Waals surface area contributed by atoms with Gasteiger partial charge in [0.2, 0.25) is 0 Å². The van der Waals surface area contributed by atoms with Crippen molar-refractivity contribution in [2.75, 3.05) is 0 Å². The zero-order valence-corrected chi connectivity index (χ0v) is 15.5. The Morgan fingerprint density at radius 1 is 0.696 bits per heavy atom. The molecule has 2 aromatic carbocycles. The maximum atomic E-state index is 10.4. The summed E-state index contributed by atoms with van der Waals surface area (Å²) in [6.45, 7) is 3.23. The molecule has 0 N–H and O–H groups in total. The Labute approximate surface area is 166 Å². The number of carbonyl (C=O) groups excluding carboxylic acids is 2. The maximum Gasteiger partial charge on any atom is 2.00 e. The molecule has 2 rings (SSSR count). The van der Waals surface area contributed by atoms with Crippen molar-refractivity contribution in [3.63, 3.8) is 0 Å². The summed E-state index contributed by atoms with van der Waals surface area (Å²) in [6.07, 6.45) is 0. The second-order valence-corrected chi connectivity index (χ2v) is 4.90. The topological polar surface area (TPSA) is 80.3 Å². The van der Waals surface area contributed by atoms with E-state index in [0.717, 1.165) is 11.1 Å². The van der Waals surface area contributed by atoms with Crippen LogP contribution in [-0.4, -0.2) is 49.7 Å². The normalized spacial score (nSPS) is 11.9. The molecule has 0 aliphatic rings. The van der Waals surface area contributed by atoms with E-state index in [-0.39, 0.29) is 37.7 Å². The van der Waals surface area contributed by atoms with Crippen molar-refractivity contribution >= 4 is 49.7 Å². The SMILES string of the molecule is CC(C(=O)[O-])c1ccccc1.CC(C(=O)[O-])c1ccccc1.[Ca+2]. The zero-order chi connectivity index (χ0) is 16.5. The quantitative estimate of drug-likeness (QED) is 0.769. The third-order valence-electron chi connectivity index (χ3n) is 3.31. The number of hydrogen-bond acceptors (Lipinski definition) is 4. The van der Waals surface area contributed by atoms with Gasteiger partial charge in [-0.1, -0.05) is 74.5 Å². The molecule has 23 heavy (non-hydrogen) atoms. The van der Waals surface area contributed by atoms with Crippen LogP contribution in [0.2, 0.25) is 0 Å². The van der Waals surface area contributed by atoms with Crippen molar-refractivity contribution in [1.82, 2.24) is 0 Å². The van der Waals surface area contributed by atoms with Crippen molar-refractivity contribution in [2.45, 2.75) is 25.7 Å². The number of aliphatic carboxylic acids is 2. The monoisotopic (exact) mass is 338 g/mol. The molecule has 0 spiro atoms. The number of rotatable bonds is 4. The van der Waals surface area contributed by atoms with Crippen molar-refractivity contribution in [1.29, 1.82) is 0 Å². The molecule has 0 amide bonds. The summed E-state index contributed by atoms with van der Waals surface area (Å²) >= 11 is 0. The minimum atomic E-state index is -1.03. The van der Waals surface area contributed by atoms with Gasteiger partial charge < -0.3 is 19.8 Å². The zero-order valence-electron chi connectivity index (χ0n) is 13.3. The van der Waals surface area contributed by atoms with Gasteiger partial charge in [0.15, 0.2) is 0 Å². The molecule has 0 saturated carbocycles. The first-order chi connectivity index (χ1) is 10.4. The number of hydrogen-bond donors (Lipinski definition) is 0. The van der Waals surface area contributed by atoms with Crippen LogP contribution < -0.4 is 10.2 Å². The molecule has 5 heteroatoms. The van der Waals surface area contributed by atoms with Crippen LogP contribution in [0, 0.1) is 0 Å². The van der Waals surface area contributed by atoms with Gasteiger partial charge in [-0.25, -0.2) is 0 Å². The first kappa shape index (κ1) is 21.6. The first-order valence-corrected chi connectivity index (χ1v) is 6.95. The van der Waals surface area contributed by atoms with E-state index < -0.39 is 23.8 Å². The minimum absolute atomic E-state index is 0. The Hall–Kier alpha value is -1.36. The Bertz CT molecular complexity index is 543. The third-order valence-corrected chi connectivity index (χ3v) is 3.31. The van der Waals surface area contributed by atoms with E-state index in [9.17, 15) is 19.8 Å². The van der Waals surface area contributed by atoms with Gasteiger partial charge in [0.05, 0.1) is 0 Å². The summed E-state index contributed by atoms with van der Waals surface area (Å²) < 4.78 is 0. The first-order valence-electron chi connectivity index (χ1n) is 6.95. The maximum absolute atomic E-state index is 10.4. The van der Waals surface area contributed by atoms with E-state index in [1.54, 1.807) is 38.1 Å². The average molecular weight is 338 g/mol. The van der Waals surface area contributed by atoms with E-state index in [4.69, 9.17) is 0 Å². The van der Waals surface area contributed by atoms with Crippen LogP contribution >= 0.6 is 0 Å². The van der Waals surface area contributed by atoms with Gasteiger partial charge in [0, 0.05) is 23.8 Å². The predicted molar refractivity (Wildman–Crippen MR) is 85.5 cm³/mol. The van der Waals surface area contributed by atoms with Crippen LogP contribution in [0.1, 0.15) is 36.8 Å². The molecule has 0 aliphatic carbocycles. The van der Waals surface area contributed by atoms with Crippen molar-refractivity contribution < 1.29 is 19.8 Å². The molecule has 0 bridgehead atoms. The molecular weight excluding hydrogens is 320 g/mol.